The first-order valence-electron chi connectivity index (χ1n) is 11.9. The highest BCUT2D eigenvalue weighted by atomic mass is 16.2. The van der Waals surface area contributed by atoms with E-state index in [4.69, 9.17) is 15.1 Å². The van der Waals surface area contributed by atoms with E-state index in [9.17, 15) is 9.59 Å². The fourth-order valence-corrected chi connectivity index (χ4v) is 5.09. The van der Waals surface area contributed by atoms with Crippen LogP contribution in [0.4, 0.5) is 0 Å². The van der Waals surface area contributed by atoms with Gasteiger partial charge in [-0.25, -0.2) is 14.5 Å². The number of carbonyl (C=O) groups excluding carboxylic acids is 2. The molecule has 1 aliphatic heterocycles. The number of hydrogen-bond donors (Lipinski definition) is 0. The van der Waals surface area contributed by atoms with E-state index in [1.165, 1.54) is 4.90 Å². The van der Waals surface area contributed by atoms with Crippen molar-refractivity contribution in [2.75, 3.05) is 0 Å². The Balaban J connectivity index is 1.48. The van der Waals surface area contributed by atoms with Crippen LogP contribution < -0.4 is 0 Å². The summed E-state index contributed by atoms with van der Waals surface area (Å²) in [6.45, 7) is 8.62. The Labute approximate surface area is 207 Å². The Morgan fingerprint density at radius 3 is 2.22 bits per heavy atom. The Bertz CT molecular complexity index is 1630. The lowest BCUT2D eigenvalue weighted by Gasteiger charge is -2.26. The molecule has 1 aliphatic rings. The fourth-order valence-electron chi connectivity index (χ4n) is 5.09. The molecule has 2 amide bonds. The molecule has 0 unspecified atom stereocenters. The van der Waals surface area contributed by atoms with Gasteiger partial charge in [-0.05, 0) is 49.6 Å². The zero-order chi connectivity index (χ0) is 25.1. The molecule has 0 bridgehead atoms. The van der Waals surface area contributed by atoms with Gasteiger partial charge >= 0.3 is 0 Å². The zero-order valence-electron chi connectivity index (χ0n) is 20.5. The van der Waals surface area contributed by atoms with Crippen LogP contribution in [0.5, 0.6) is 0 Å². The van der Waals surface area contributed by atoms with Crippen LogP contribution in [0, 0.1) is 19.8 Å². The van der Waals surface area contributed by atoms with E-state index in [-0.39, 0.29) is 17.7 Å². The molecule has 0 saturated heterocycles. The second-order valence-corrected chi connectivity index (χ2v) is 9.51. The number of aryl methyl sites for hydroxylation is 1. The van der Waals surface area contributed by atoms with Gasteiger partial charge in [0.2, 0.25) is 0 Å². The van der Waals surface area contributed by atoms with Crippen LogP contribution in [0.15, 0.2) is 55.0 Å². The van der Waals surface area contributed by atoms with Gasteiger partial charge in [-0.2, -0.15) is 0 Å². The minimum absolute atomic E-state index is 0.0929. The van der Waals surface area contributed by atoms with E-state index in [0.717, 1.165) is 28.0 Å². The van der Waals surface area contributed by atoms with Gasteiger partial charge in [0, 0.05) is 11.9 Å². The molecule has 36 heavy (non-hydrogen) atoms. The van der Waals surface area contributed by atoms with Crippen molar-refractivity contribution < 1.29 is 9.59 Å². The number of imide groups is 1. The van der Waals surface area contributed by atoms with E-state index in [0.29, 0.717) is 29.1 Å². The van der Waals surface area contributed by atoms with Crippen molar-refractivity contribution in [3.05, 3.63) is 88.9 Å². The van der Waals surface area contributed by atoms with Gasteiger partial charge in [-0.3, -0.25) is 19.5 Å². The molecule has 9 heteroatoms. The maximum Gasteiger partial charge on any atom is 0.262 e. The normalized spacial score (nSPS) is 14.4. The van der Waals surface area contributed by atoms with Gasteiger partial charge < -0.3 is 4.57 Å². The molecule has 0 saturated carbocycles. The number of benzene rings is 1. The van der Waals surface area contributed by atoms with Crippen LogP contribution in [0.2, 0.25) is 0 Å². The summed E-state index contributed by atoms with van der Waals surface area (Å²) < 4.78 is 3.77. The zero-order valence-corrected chi connectivity index (χ0v) is 20.5. The van der Waals surface area contributed by atoms with Gasteiger partial charge in [-0.15, -0.1) is 5.10 Å². The number of fused-ring (bicyclic) bond motifs is 4. The predicted octanol–water partition coefficient (Wildman–Crippen LogP) is 4.13. The number of pyridine rings is 1. The van der Waals surface area contributed by atoms with Crippen molar-refractivity contribution in [2.45, 2.75) is 40.3 Å². The Kier molecular flexibility index (Phi) is 4.96. The molecule has 5 heterocycles. The number of aromatic nitrogens is 6. The third-order valence-electron chi connectivity index (χ3n) is 7.01. The molecule has 4 aromatic heterocycles. The lowest BCUT2D eigenvalue weighted by molar-refractivity contribution is 0.0529. The van der Waals surface area contributed by atoms with Crippen LogP contribution in [0.25, 0.3) is 16.7 Å². The Morgan fingerprint density at radius 2 is 1.58 bits per heavy atom. The van der Waals surface area contributed by atoms with Crippen LogP contribution in [0.3, 0.4) is 0 Å². The fraction of sp³-hybridized carbons (Fsp3) is 0.259. The number of amides is 2. The standard InChI is InChI=1S/C27H25N7O2/c1-15(2)22(34-26(35)19-10-5-6-11-20(19)27(34)36)23-30-25-21-16(3)17(4)32(13-18-9-7-8-12-28-18)24(21)29-14-33(25)31-23/h5-12,14-15,22H,13H2,1-4H3/t22-/m0/s1. The molecule has 1 aromatic carbocycles. The van der Waals surface area contributed by atoms with Gasteiger partial charge in [0.25, 0.3) is 11.8 Å². The van der Waals surface area contributed by atoms with E-state index in [2.05, 4.69) is 16.5 Å². The Morgan fingerprint density at radius 1 is 0.889 bits per heavy atom. The van der Waals surface area contributed by atoms with Gasteiger partial charge in [0.1, 0.15) is 18.0 Å². The molecule has 0 fully saturated rings. The second-order valence-electron chi connectivity index (χ2n) is 9.51. The van der Waals surface area contributed by atoms with Crippen LogP contribution >= 0.6 is 0 Å². The summed E-state index contributed by atoms with van der Waals surface area (Å²) in [7, 11) is 0. The highest BCUT2D eigenvalue weighted by molar-refractivity contribution is 6.21. The lowest BCUT2D eigenvalue weighted by atomic mass is 10.0. The third kappa shape index (κ3) is 3.16. The minimum atomic E-state index is -0.607. The van der Waals surface area contributed by atoms with Crippen LogP contribution in [-0.4, -0.2) is 45.8 Å². The topological polar surface area (TPSA) is 98.3 Å². The third-order valence-corrected chi connectivity index (χ3v) is 7.01. The first-order valence-corrected chi connectivity index (χ1v) is 11.9. The van der Waals surface area contributed by atoms with Crippen molar-refractivity contribution in [2.24, 2.45) is 5.92 Å². The van der Waals surface area contributed by atoms with Crippen LogP contribution in [0.1, 0.15) is 63.4 Å². The summed E-state index contributed by atoms with van der Waals surface area (Å²) in [6.07, 6.45) is 3.42. The van der Waals surface area contributed by atoms with Gasteiger partial charge in [-0.1, -0.05) is 32.0 Å². The Hall–Kier alpha value is -4.40. The van der Waals surface area contributed by atoms with E-state index in [1.807, 2.05) is 39.0 Å². The SMILES string of the molecule is Cc1c(C)n(Cc2ccccn2)c2ncn3nc([C@H](C(C)C)N4C(=O)c5ccccc5C4=O)nc3c12. The summed E-state index contributed by atoms with van der Waals surface area (Å²) in [4.78, 5) is 41.9. The first kappa shape index (κ1) is 22.1. The van der Waals surface area contributed by atoms with Crippen molar-refractivity contribution in [1.82, 2.24) is 34.0 Å². The maximum absolute atomic E-state index is 13.3. The molecule has 0 aliphatic carbocycles. The number of hydrogen-bond acceptors (Lipinski definition) is 6. The largest absolute Gasteiger partial charge is 0.323 e. The number of carbonyl (C=O) groups is 2. The van der Waals surface area contributed by atoms with Gasteiger partial charge in [0.15, 0.2) is 11.5 Å². The maximum atomic E-state index is 13.3. The van der Waals surface area contributed by atoms with E-state index < -0.39 is 6.04 Å². The number of nitrogens with zero attached hydrogens (tertiary/aromatic N) is 7. The van der Waals surface area contributed by atoms with E-state index >= 15 is 0 Å². The van der Waals surface area contributed by atoms with Crippen molar-refractivity contribution in [1.29, 1.82) is 0 Å². The lowest BCUT2D eigenvalue weighted by Crippen LogP contribution is -2.37. The summed E-state index contributed by atoms with van der Waals surface area (Å²) in [5.74, 6) is -0.303. The minimum Gasteiger partial charge on any atom is -0.323 e. The summed E-state index contributed by atoms with van der Waals surface area (Å²) in [5, 5.41) is 5.60. The van der Waals surface area contributed by atoms with Crippen LogP contribution in [-0.2, 0) is 6.54 Å². The molecule has 0 radical (unpaired) electrons. The molecule has 5 aromatic rings. The van der Waals surface area contributed by atoms with Crippen molar-refractivity contribution in [3.8, 4) is 0 Å². The highest BCUT2D eigenvalue weighted by Gasteiger charge is 2.43. The molecule has 0 spiro atoms. The molecule has 6 rings (SSSR count). The highest BCUT2D eigenvalue weighted by Crippen LogP contribution is 2.36. The quantitative estimate of drug-likeness (QED) is 0.352. The summed E-state index contributed by atoms with van der Waals surface area (Å²) in [6, 6.07) is 12.2. The van der Waals surface area contributed by atoms with Gasteiger partial charge in [0.05, 0.1) is 28.8 Å². The van der Waals surface area contributed by atoms with E-state index in [1.54, 1.807) is 41.3 Å². The average molecular weight is 480 g/mol. The monoisotopic (exact) mass is 479 g/mol. The molecular weight excluding hydrogens is 454 g/mol. The van der Waals surface area contributed by atoms with Crippen molar-refractivity contribution in [3.63, 3.8) is 0 Å². The predicted molar refractivity (Wildman–Crippen MR) is 134 cm³/mol. The first-order chi connectivity index (χ1) is 17.4. The summed E-state index contributed by atoms with van der Waals surface area (Å²) in [5.41, 5.74) is 5.34. The second kappa shape index (κ2) is 8.08. The molecule has 180 valence electrons. The average Bonchev–Trinajstić information content (AvgIpc) is 3.49. The molecule has 9 nitrogen and oxygen atoms in total. The smallest absolute Gasteiger partial charge is 0.262 e. The van der Waals surface area contributed by atoms with Crippen molar-refractivity contribution >= 4 is 28.5 Å². The molecule has 1 atom stereocenters. The molecular formula is C27H25N7O2. The molecule has 0 N–H and O–H groups in total. The number of rotatable bonds is 5. The summed E-state index contributed by atoms with van der Waals surface area (Å²) >= 11 is 0.